The summed E-state index contributed by atoms with van der Waals surface area (Å²) in [7, 11) is 0. The molecule has 2 aromatic rings. The largest absolute Gasteiger partial charge is 0.462 e. The molecule has 0 spiro atoms. The molecule has 0 radical (unpaired) electrons. The quantitative estimate of drug-likeness (QED) is 0.832. The third-order valence-corrected chi connectivity index (χ3v) is 2.38. The van der Waals surface area contributed by atoms with E-state index in [0.29, 0.717) is 0 Å². The van der Waals surface area contributed by atoms with Crippen LogP contribution in [0.15, 0.2) is 23.0 Å². The second-order valence-electron chi connectivity index (χ2n) is 3.59. The molecule has 94 valence electrons. The average molecular weight is 253 g/mol. The Labute approximate surface area is 100 Å². The number of aromatic amines is 1. The zero-order chi connectivity index (χ0) is 13.3. The summed E-state index contributed by atoms with van der Waals surface area (Å²) in [6.45, 7) is 1.72. The fourth-order valence-electron chi connectivity index (χ4n) is 1.56. The minimum atomic E-state index is -1.07. The molecule has 0 aliphatic rings. The van der Waals surface area contributed by atoms with Crippen LogP contribution in [-0.2, 0) is 4.74 Å². The van der Waals surface area contributed by atoms with E-state index in [9.17, 15) is 18.4 Å². The van der Waals surface area contributed by atoms with Crippen LogP contribution in [0.5, 0.6) is 0 Å². The lowest BCUT2D eigenvalue weighted by Crippen LogP contribution is -2.19. The molecule has 2 rings (SSSR count). The fourth-order valence-corrected chi connectivity index (χ4v) is 1.56. The fraction of sp³-hybridized carbons (Fsp3) is 0.167. The van der Waals surface area contributed by atoms with Crippen LogP contribution in [0.2, 0.25) is 0 Å². The molecule has 0 atom stereocenters. The molecule has 1 heterocycles. The first-order valence-electron chi connectivity index (χ1n) is 5.22. The molecule has 4 nitrogen and oxygen atoms in total. The number of benzene rings is 1. The van der Waals surface area contributed by atoms with E-state index in [1.54, 1.807) is 6.92 Å². The first-order valence-corrected chi connectivity index (χ1v) is 5.22. The summed E-state index contributed by atoms with van der Waals surface area (Å²) in [5, 5.41) is 0.219. The average Bonchev–Trinajstić information content (AvgIpc) is 2.31. The molecule has 1 aromatic carbocycles. The molecule has 0 saturated heterocycles. The number of halogens is 2. The highest BCUT2D eigenvalue weighted by Gasteiger charge is 2.14. The van der Waals surface area contributed by atoms with E-state index in [1.165, 1.54) is 6.07 Å². The number of H-pyrrole nitrogens is 1. The maximum atomic E-state index is 13.0. The lowest BCUT2D eigenvalue weighted by molar-refractivity contribution is 0.0524. The van der Waals surface area contributed by atoms with Gasteiger partial charge in [-0.05, 0) is 19.1 Å². The van der Waals surface area contributed by atoms with Crippen LogP contribution in [0, 0.1) is 11.6 Å². The first kappa shape index (κ1) is 12.2. The molecule has 1 aromatic heterocycles. The van der Waals surface area contributed by atoms with Crippen molar-refractivity contribution in [3.8, 4) is 0 Å². The number of rotatable bonds is 2. The number of aromatic nitrogens is 1. The van der Waals surface area contributed by atoms with Gasteiger partial charge in [0.25, 0.3) is 5.56 Å². The highest BCUT2D eigenvalue weighted by molar-refractivity contribution is 5.93. The van der Waals surface area contributed by atoms with Gasteiger partial charge in [-0.1, -0.05) is 0 Å². The second kappa shape index (κ2) is 4.56. The topological polar surface area (TPSA) is 59.2 Å². The molecule has 18 heavy (non-hydrogen) atoms. The molecule has 0 amide bonds. The third-order valence-electron chi connectivity index (χ3n) is 2.38. The van der Waals surface area contributed by atoms with Gasteiger partial charge in [0, 0.05) is 11.5 Å². The van der Waals surface area contributed by atoms with Crippen LogP contribution in [0.25, 0.3) is 10.9 Å². The van der Waals surface area contributed by atoms with Gasteiger partial charge in [0.1, 0.15) is 5.56 Å². The lowest BCUT2D eigenvalue weighted by atomic mass is 10.1. The second-order valence-corrected chi connectivity index (χ2v) is 3.59. The van der Waals surface area contributed by atoms with Crippen molar-refractivity contribution in [3.05, 3.63) is 45.8 Å². The van der Waals surface area contributed by atoms with Gasteiger partial charge in [-0.2, -0.15) is 0 Å². The van der Waals surface area contributed by atoms with Crippen molar-refractivity contribution in [1.82, 2.24) is 4.98 Å². The van der Waals surface area contributed by atoms with Gasteiger partial charge in [-0.25, -0.2) is 13.6 Å². The Bertz CT molecular complexity index is 679. The monoisotopic (exact) mass is 253 g/mol. The molecule has 0 aliphatic heterocycles. The van der Waals surface area contributed by atoms with Gasteiger partial charge in [0.15, 0.2) is 11.6 Å². The summed E-state index contributed by atoms with van der Waals surface area (Å²) in [4.78, 5) is 25.3. The van der Waals surface area contributed by atoms with Crippen molar-refractivity contribution in [1.29, 1.82) is 0 Å². The van der Waals surface area contributed by atoms with E-state index < -0.39 is 23.2 Å². The number of hydrogen-bond acceptors (Lipinski definition) is 3. The Morgan fingerprint density at radius 2 is 1.94 bits per heavy atom. The molecular weight excluding hydrogens is 244 g/mol. The number of ether oxygens (including phenoxy) is 1. The van der Waals surface area contributed by atoms with E-state index in [0.717, 1.165) is 12.1 Å². The van der Waals surface area contributed by atoms with Gasteiger partial charge < -0.3 is 9.72 Å². The summed E-state index contributed by atoms with van der Waals surface area (Å²) in [6, 6.07) is 2.94. The zero-order valence-electron chi connectivity index (χ0n) is 9.42. The highest BCUT2D eigenvalue weighted by atomic mass is 19.2. The van der Waals surface area contributed by atoms with Crippen molar-refractivity contribution < 1.29 is 18.3 Å². The third kappa shape index (κ3) is 2.09. The van der Waals surface area contributed by atoms with Crippen LogP contribution < -0.4 is 5.56 Å². The summed E-state index contributed by atoms with van der Waals surface area (Å²) < 4.78 is 30.7. The number of fused-ring (bicyclic) bond motifs is 1. The SMILES string of the molecule is CCOC(=O)c1cc2cc(F)c(F)cc2[nH]c1=O. The summed E-state index contributed by atoms with van der Waals surface area (Å²) in [5.74, 6) is -2.92. The summed E-state index contributed by atoms with van der Waals surface area (Å²) >= 11 is 0. The Morgan fingerprint density at radius 1 is 1.28 bits per heavy atom. The van der Waals surface area contributed by atoms with Crippen LogP contribution in [-0.4, -0.2) is 17.6 Å². The molecule has 0 fully saturated rings. The number of carbonyl (C=O) groups excluding carboxylic acids is 1. The Hall–Kier alpha value is -2.24. The van der Waals surface area contributed by atoms with Gasteiger partial charge in [-0.15, -0.1) is 0 Å². The molecule has 0 unspecified atom stereocenters. The number of esters is 1. The van der Waals surface area contributed by atoms with Crippen molar-refractivity contribution in [3.63, 3.8) is 0 Å². The van der Waals surface area contributed by atoms with Crippen molar-refractivity contribution in [2.24, 2.45) is 0 Å². The van der Waals surface area contributed by atoms with Crippen molar-refractivity contribution in [2.75, 3.05) is 6.61 Å². The minimum absolute atomic E-state index is 0.118. The van der Waals surface area contributed by atoms with Crippen molar-refractivity contribution >= 4 is 16.9 Å². The van der Waals surface area contributed by atoms with E-state index in [1.807, 2.05) is 0 Å². The Morgan fingerprint density at radius 3 is 2.61 bits per heavy atom. The normalized spacial score (nSPS) is 10.6. The predicted octanol–water partition coefficient (Wildman–Crippen LogP) is 1.98. The molecule has 1 N–H and O–H groups in total. The van der Waals surface area contributed by atoms with E-state index in [4.69, 9.17) is 0 Å². The first-order chi connectivity index (χ1) is 8.52. The molecule has 6 heteroatoms. The predicted molar refractivity (Wildman–Crippen MR) is 60.4 cm³/mol. The van der Waals surface area contributed by atoms with Gasteiger partial charge in [0.05, 0.1) is 12.1 Å². The van der Waals surface area contributed by atoms with E-state index in [-0.39, 0.29) is 23.1 Å². The van der Waals surface area contributed by atoms with Crippen LogP contribution in [0.3, 0.4) is 0 Å². The molecule has 0 saturated carbocycles. The lowest BCUT2D eigenvalue weighted by Gasteiger charge is -2.03. The van der Waals surface area contributed by atoms with Crippen LogP contribution >= 0.6 is 0 Å². The zero-order valence-corrected chi connectivity index (χ0v) is 9.42. The van der Waals surface area contributed by atoms with Gasteiger partial charge in [0.2, 0.25) is 0 Å². The van der Waals surface area contributed by atoms with Crippen LogP contribution in [0.4, 0.5) is 8.78 Å². The minimum Gasteiger partial charge on any atom is -0.462 e. The van der Waals surface area contributed by atoms with E-state index in [2.05, 4.69) is 9.72 Å². The Kier molecular flexibility index (Phi) is 3.10. The molecule has 0 aliphatic carbocycles. The van der Waals surface area contributed by atoms with E-state index >= 15 is 0 Å². The molecular formula is C12H9F2NO3. The smallest absolute Gasteiger partial charge is 0.343 e. The highest BCUT2D eigenvalue weighted by Crippen LogP contribution is 2.16. The Balaban J connectivity index is 2.65. The summed E-state index contributed by atoms with van der Waals surface area (Å²) in [6.07, 6.45) is 0. The number of pyridine rings is 1. The maximum absolute atomic E-state index is 13.0. The number of nitrogens with one attached hydrogen (secondary N) is 1. The van der Waals surface area contributed by atoms with Gasteiger partial charge in [-0.3, -0.25) is 4.79 Å². The standard InChI is InChI=1S/C12H9F2NO3/c1-2-18-12(17)7-3-6-4-8(13)9(14)5-10(6)15-11(7)16/h3-5H,2H2,1H3,(H,15,16). The maximum Gasteiger partial charge on any atom is 0.343 e. The number of carbonyl (C=O) groups is 1. The van der Waals surface area contributed by atoms with Crippen molar-refractivity contribution in [2.45, 2.75) is 6.92 Å². The summed E-state index contributed by atoms with van der Waals surface area (Å²) in [5.41, 5.74) is -0.825. The van der Waals surface area contributed by atoms with Crippen LogP contribution in [0.1, 0.15) is 17.3 Å². The molecule has 0 bridgehead atoms. The van der Waals surface area contributed by atoms with Gasteiger partial charge >= 0.3 is 5.97 Å². The number of hydrogen-bond donors (Lipinski definition) is 1.